The number of thioether (sulfide) groups is 1. The summed E-state index contributed by atoms with van der Waals surface area (Å²) < 4.78 is 5.39. The molecule has 0 saturated heterocycles. The fraction of sp³-hybridized carbons (Fsp3) is 0.333. The second kappa shape index (κ2) is 7.18. The van der Waals surface area contributed by atoms with E-state index >= 15 is 0 Å². The van der Waals surface area contributed by atoms with E-state index in [4.69, 9.17) is 4.42 Å². The standard InChI is InChI=1S/C21H19N3O3S/c1-11-5-6-14-13(7-17(25)27-18(14)12(11)2)10-28-20-16(9-23)21(3,4)15(8-22)19(26)24-20/h5-7,15H,10H2,1-4H3,(H,24,26)/t15-/m1/s1. The fourth-order valence-corrected chi connectivity index (χ4v) is 4.49. The summed E-state index contributed by atoms with van der Waals surface area (Å²) in [5.41, 5.74) is 2.28. The molecular formula is C21H19N3O3S. The monoisotopic (exact) mass is 393 g/mol. The van der Waals surface area contributed by atoms with Gasteiger partial charge >= 0.3 is 5.63 Å². The number of benzene rings is 1. The quantitative estimate of drug-likeness (QED) is 0.797. The maximum Gasteiger partial charge on any atom is 0.336 e. The zero-order valence-corrected chi connectivity index (χ0v) is 16.9. The zero-order chi connectivity index (χ0) is 20.6. The highest BCUT2D eigenvalue weighted by Crippen LogP contribution is 2.42. The van der Waals surface area contributed by atoms with Crippen molar-refractivity contribution < 1.29 is 9.21 Å². The van der Waals surface area contributed by atoms with Crippen molar-refractivity contribution in [3.8, 4) is 12.1 Å². The van der Waals surface area contributed by atoms with Crippen molar-refractivity contribution in [1.29, 1.82) is 10.5 Å². The Hall–Kier alpha value is -3.03. The van der Waals surface area contributed by atoms with Gasteiger partial charge in [0.25, 0.3) is 0 Å². The Bertz CT molecular complexity index is 1160. The van der Waals surface area contributed by atoms with E-state index in [2.05, 4.69) is 11.4 Å². The summed E-state index contributed by atoms with van der Waals surface area (Å²) in [5.74, 6) is -0.974. The third-order valence-corrected chi connectivity index (χ3v) is 6.27. The number of allylic oxidation sites excluding steroid dienone is 1. The van der Waals surface area contributed by atoms with Crippen LogP contribution in [0.25, 0.3) is 11.0 Å². The molecule has 1 aromatic carbocycles. The zero-order valence-electron chi connectivity index (χ0n) is 16.0. The molecular weight excluding hydrogens is 374 g/mol. The number of nitrogens with one attached hydrogen (secondary N) is 1. The Kier molecular flexibility index (Phi) is 5.06. The van der Waals surface area contributed by atoms with Crippen LogP contribution in [-0.2, 0) is 10.5 Å². The first-order valence-corrected chi connectivity index (χ1v) is 9.70. The van der Waals surface area contributed by atoms with Crippen LogP contribution < -0.4 is 10.9 Å². The summed E-state index contributed by atoms with van der Waals surface area (Å²) in [6.07, 6.45) is 0. The van der Waals surface area contributed by atoms with Crippen LogP contribution in [0, 0.1) is 47.8 Å². The van der Waals surface area contributed by atoms with Gasteiger partial charge in [0.15, 0.2) is 0 Å². The largest absolute Gasteiger partial charge is 0.422 e. The van der Waals surface area contributed by atoms with Gasteiger partial charge in [0.1, 0.15) is 11.5 Å². The van der Waals surface area contributed by atoms with Crippen LogP contribution in [-0.4, -0.2) is 5.91 Å². The summed E-state index contributed by atoms with van der Waals surface area (Å²) >= 11 is 1.27. The molecule has 6 nitrogen and oxygen atoms in total. The molecule has 3 rings (SSSR count). The SMILES string of the molecule is Cc1ccc2c(CSC3=C(C#N)C(C)(C)[C@H](C#N)C(=O)N3)cc(=O)oc2c1C. The van der Waals surface area contributed by atoms with Crippen molar-refractivity contribution >= 4 is 28.6 Å². The minimum Gasteiger partial charge on any atom is -0.422 e. The molecule has 142 valence electrons. The first kappa shape index (κ1) is 19.7. The van der Waals surface area contributed by atoms with Crippen molar-refractivity contribution in [3.63, 3.8) is 0 Å². The third kappa shape index (κ3) is 3.19. The number of carbonyl (C=O) groups is 1. The second-order valence-electron chi connectivity index (χ2n) is 7.35. The van der Waals surface area contributed by atoms with Crippen molar-refractivity contribution in [2.75, 3.05) is 0 Å². The molecule has 2 aromatic rings. The van der Waals surface area contributed by atoms with Crippen molar-refractivity contribution in [2.45, 2.75) is 33.4 Å². The van der Waals surface area contributed by atoms with Gasteiger partial charge in [0.05, 0.1) is 22.7 Å². The summed E-state index contributed by atoms with van der Waals surface area (Å²) in [7, 11) is 0. The average molecular weight is 393 g/mol. The Morgan fingerprint density at radius 1 is 1.25 bits per heavy atom. The molecule has 0 spiro atoms. The first-order valence-electron chi connectivity index (χ1n) is 8.71. The molecule has 0 unspecified atom stereocenters. The lowest BCUT2D eigenvalue weighted by molar-refractivity contribution is -0.125. The maximum atomic E-state index is 12.3. The van der Waals surface area contributed by atoms with E-state index in [9.17, 15) is 20.1 Å². The highest BCUT2D eigenvalue weighted by Gasteiger charge is 2.44. The van der Waals surface area contributed by atoms with Gasteiger partial charge in [-0.05, 0) is 30.5 Å². The molecule has 28 heavy (non-hydrogen) atoms. The first-order chi connectivity index (χ1) is 13.2. The van der Waals surface area contributed by atoms with Gasteiger partial charge < -0.3 is 9.73 Å². The van der Waals surface area contributed by atoms with Crippen LogP contribution in [0.3, 0.4) is 0 Å². The summed E-state index contributed by atoms with van der Waals surface area (Å²) in [6.45, 7) is 7.29. The molecule has 0 aliphatic carbocycles. The lowest BCUT2D eigenvalue weighted by Gasteiger charge is -2.34. The number of nitrogens with zero attached hydrogens (tertiary/aromatic N) is 2. The maximum absolute atomic E-state index is 12.3. The highest BCUT2D eigenvalue weighted by molar-refractivity contribution is 8.02. The number of fused-ring (bicyclic) bond motifs is 1. The highest BCUT2D eigenvalue weighted by atomic mass is 32.2. The molecule has 1 atom stereocenters. The van der Waals surface area contributed by atoms with Crippen molar-refractivity contribution in [1.82, 2.24) is 5.32 Å². The van der Waals surface area contributed by atoms with Crippen molar-refractivity contribution in [2.24, 2.45) is 11.3 Å². The smallest absolute Gasteiger partial charge is 0.336 e. The van der Waals surface area contributed by atoms with Crippen LogP contribution in [0.1, 0.15) is 30.5 Å². The topological polar surface area (TPSA) is 107 Å². The molecule has 1 aliphatic heterocycles. The van der Waals surface area contributed by atoms with Gasteiger partial charge in [-0.3, -0.25) is 4.79 Å². The molecule has 0 fully saturated rings. The Labute approximate surface area is 166 Å². The molecule has 0 radical (unpaired) electrons. The molecule has 0 bridgehead atoms. The van der Waals surface area contributed by atoms with Gasteiger partial charge in [0.2, 0.25) is 5.91 Å². The molecule has 1 N–H and O–H groups in total. The van der Waals surface area contributed by atoms with E-state index < -0.39 is 22.9 Å². The van der Waals surface area contributed by atoms with Gasteiger partial charge in [0, 0.05) is 22.6 Å². The number of hydrogen-bond donors (Lipinski definition) is 1. The summed E-state index contributed by atoms with van der Waals surface area (Å²) in [4.78, 5) is 24.3. The number of carbonyl (C=O) groups excluding carboxylic acids is 1. The fourth-order valence-electron chi connectivity index (χ4n) is 3.33. The van der Waals surface area contributed by atoms with E-state index in [1.807, 2.05) is 32.0 Å². The van der Waals surface area contributed by atoms with Gasteiger partial charge in [-0.2, -0.15) is 10.5 Å². The third-order valence-electron chi connectivity index (χ3n) is 5.22. The molecule has 7 heteroatoms. The summed E-state index contributed by atoms with van der Waals surface area (Å²) in [6, 6.07) is 9.44. The molecule has 2 heterocycles. The van der Waals surface area contributed by atoms with Crippen LogP contribution in [0.15, 0.2) is 38.0 Å². The number of nitriles is 2. The Balaban J connectivity index is 2.03. The van der Waals surface area contributed by atoms with Crippen LogP contribution in [0.5, 0.6) is 0 Å². The number of amides is 1. The predicted molar refractivity (Wildman–Crippen MR) is 107 cm³/mol. The van der Waals surface area contributed by atoms with E-state index in [0.717, 1.165) is 22.1 Å². The molecule has 1 amide bonds. The minimum absolute atomic E-state index is 0.364. The van der Waals surface area contributed by atoms with E-state index in [1.54, 1.807) is 13.8 Å². The average Bonchev–Trinajstić information content (AvgIpc) is 2.62. The number of hydrogen-bond acceptors (Lipinski definition) is 6. The number of rotatable bonds is 3. The van der Waals surface area contributed by atoms with E-state index in [-0.39, 0.29) is 0 Å². The minimum atomic E-state index is -0.929. The van der Waals surface area contributed by atoms with E-state index in [1.165, 1.54) is 17.8 Å². The van der Waals surface area contributed by atoms with Gasteiger partial charge in [-0.25, -0.2) is 4.79 Å². The second-order valence-corrected chi connectivity index (χ2v) is 8.34. The van der Waals surface area contributed by atoms with E-state index in [0.29, 0.717) is 21.9 Å². The molecule has 1 aromatic heterocycles. The van der Waals surface area contributed by atoms with Crippen LogP contribution >= 0.6 is 11.8 Å². The predicted octanol–water partition coefficient (Wildman–Crippen LogP) is 3.67. The normalized spacial score (nSPS) is 18.5. The van der Waals surface area contributed by atoms with Crippen LogP contribution in [0.2, 0.25) is 0 Å². The number of aryl methyl sites for hydroxylation is 2. The Morgan fingerprint density at radius 3 is 2.61 bits per heavy atom. The lowest BCUT2D eigenvalue weighted by Crippen LogP contribution is -2.44. The Morgan fingerprint density at radius 2 is 1.96 bits per heavy atom. The molecule has 0 saturated carbocycles. The lowest BCUT2D eigenvalue weighted by atomic mass is 9.72. The van der Waals surface area contributed by atoms with Gasteiger partial charge in [-0.15, -0.1) is 11.8 Å². The van der Waals surface area contributed by atoms with Crippen LogP contribution in [0.4, 0.5) is 0 Å². The molecule has 1 aliphatic rings. The summed E-state index contributed by atoms with van der Waals surface area (Å²) in [5, 5.41) is 22.9. The van der Waals surface area contributed by atoms with Crippen molar-refractivity contribution in [3.05, 3.63) is 55.9 Å². The van der Waals surface area contributed by atoms with Gasteiger partial charge in [-0.1, -0.05) is 26.0 Å².